The highest BCUT2D eigenvalue weighted by atomic mass is 16.5. The number of rotatable bonds is 2. The number of likely N-dealkylation sites (tertiary alicyclic amines) is 1. The smallest absolute Gasteiger partial charge is 0.328 e. The summed E-state index contributed by atoms with van der Waals surface area (Å²) < 4.78 is 4.69. The number of amides is 1. The first-order valence-electron chi connectivity index (χ1n) is 5.46. The fourth-order valence-corrected chi connectivity index (χ4v) is 2.45. The summed E-state index contributed by atoms with van der Waals surface area (Å²) in [5, 5.41) is 8.69. The molecule has 1 saturated carbocycles. The molecule has 2 aliphatic rings. The van der Waals surface area contributed by atoms with Crippen LogP contribution >= 0.6 is 0 Å². The Labute approximate surface area is 94.0 Å². The van der Waals surface area contributed by atoms with E-state index in [4.69, 9.17) is 5.26 Å². The first-order chi connectivity index (χ1) is 7.67. The highest BCUT2D eigenvalue weighted by Gasteiger charge is 2.45. The summed E-state index contributed by atoms with van der Waals surface area (Å²) in [5.74, 6) is -0.292. The molecule has 0 aromatic carbocycles. The van der Waals surface area contributed by atoms with Crippen LogP contribution in [0, 0.1) is 17.2 Å². The summed E-state index contributed by atoms with van der Waals surface area (Å²) in [6.07, 6.45) is 2.33. The van der Waals surface area contributed by atoms with Crippen LogP contribution in [0.2, 0.25) is 0 Å². The lowest BCUT2D eigenvalue weighted by Gasteiger charge is -2.40. The second-order valence-corrected chi connectivity index (χ2v) is 4.33. The average Bonchev–Trinajstić information content (AvgIpc) is 2.59. The lowest BCUT2D eigenvalue weighted by Crippen LogP contribution is -2.51. The van der Waals surface area contributed by atoms with Gasteiger partial charge < -0.3 is 9.64 Å². The normalized spacial score (nSPS) is 33.1. The first-order valence-corrected chi connectivity index (χ1v) is 5.46. The van der Waals surface area contributed by atoms with Gasteiger partial charge in [-0.1, -0.05) is 0 Å². The predicted octanol–water partition coefficient (Wildman–Crippen LogP) is 0.453. The maximum atomic E-state index is 11.7. The molecule has 0 spiro atoms. The van der Waals surface area contributed by atoms with E-state index in [0.717, 1.165) is 0 Å². The zero-order chi connectivity index (χ0) is 11.7. The van der Waals surface area contributed by atoms with E-state index in [0.29, 0.717) is 25.7 Å². The highest BCUT2D eigenvalue weighted by molar-refractivity contribution is 5.88. The molecule has 1 atom stereocenters. The van der Waals surface area contributed by atoms with E-state index < -0.39 is 6.04 Å². The van der Waals surface area contributed by atoms with Crippen LogP contribution in [0.4, 0.5) is 0 Å². The molecule has 5 nitrogen and oxygen atoms in total. The molecule has 1 aliphatic carbocycles. The summed E-state index contributed by atoms with van der Waals surface area (Å²) in [6, 6.07) is 1.80. The minimum absolute atomic E-state index is 0.0109. The van der Waals surface area contributed by atoms with Gasteiger partial charge in [0, 0.05) is 12.5 Å². The molecule has 0 bridgehead atoms. The fraction of sp³-hybridized carbons (Fsp3) is 0.727. The van der Waals surface area contributed by atoms with Crippen molar-refractivity contribution >= 4 is 11.9 Å². The second-order valence-electron chi connectivity index (χ2n) is 4.33. The van der Waals surface area contributed by atoms with Gasteiger partial charge in [-0.25, -0.2) is 4.79 Å². The van der Waals surface area contributed by atoms with Crippen LogP contribution in [0.5, 0.6) is 0 Å². The molecule has 5 heteroatoms. The molecule has 1 heterocycles. The molecule has 2 fully saturated rings. The summed E-state index contributed by atoms with van der Waals surface area (Å²) in [5.41, 5.74) is 0. The summed E-state index contributed by atoms with van der Waals surface area (Å²) >= 11 is 0. The van der Waals surface area contributed by atoms with Gasteiger partial charge in [-0.3, -0.25) is 4.79 Å². The lowest BCUT2D eigenvalue weighted by atomic mass is 9.80. The van der Waals surface area contributed by atoms with E-state index in [1.807, 2.05) is 0 Å². The van der Waals surface area contributed by atoms with Crippen LogP contribution in [-0.4, -0.2) is 36.0 Å². The lowest BCUT2D eigenvalue weighted by molar-refractivity contribution is -0.152. The third-order valence-corrected chi connectivity index (χ3v) is 3.42. The van der Waals surface area contributed by atoms with Gasteiger partial charge in [0.2, 0.25) is 5.91 Å². The van der Waals surface area contributed by atoms with Crippen molar-refractivity contribution < 1.29 is 14.3 Å². The van der Waals surface area contributed by atoms with E-state index in [1.54, 1.807) is 4.90 Å². The number of ether oxygens (including phenoxy) is 1. The Bertz CT molecular complexity index is 355. The van der Waals surface area contributed by atoms with Crippen LogP contribution in [0.1, 0.15) is 25.7 Å². The maximum Gasteiger partial charge on any atom is 0.328 e. The molecule has 1 saturated heterocycles. The predicted molar refractivity (Wildman–Crippen MR) is 54.0 cm³/mol. The summed E-state index contributed by atoms with van der Waals surface area (Å²) in [6.45, 7) is 0. The van der Waals surface area contributed by atoms with Crippen molar-refractivity contribution in [2.45, 2.75) is 37.8 Å². The summed E-state index contributed by atoms with van der Waals surface area (Å²) in [7, 11) is 1.34. The SMILES string of the molecule is COC(=O)C1CCC(=O)N1C1CC(C#N)C1. The van der Waals surface area contributed by atoms with E-state index in [2.05, 4.69) is 10.8 Å². The van der Waals surface area contributed by atoms with Crippen molar-refractivity contribution in [3.05, 3.63) is 0 Å². The Kier molecular flexibility index (Phi) is 2.82. The molecule has 2 rings (SSSR count). The molecule has 0 N–H and O–H groups in total. The average molecular weight is 222 g/mol. The van der Waals surface area contributed by atoms with Crippen LogP contribution in [-0.2, 0) is 14.3 Å². The molecule has 0 radical (unpaired) electrons. The number of nitrogens with zero attached hydrogens (tertiary/aromatic N) is 2. The van der Waals surface area contributed by atoms with Gasteiger partial charge in [-0.15, -0.1) is 0 Å². The molecular weight excluding hydrogens is 208 g/mol. The van der Waals surface area contributed by atoms with E-state index in [-0.39, 0.29) is 23.8 Å². The largest absolute Gasteiger partial charge is 0.467 e. The van der Waals surface area contributed by atoms with Crippen molar-refractivity contribution in [1.29, 1.82) is 5.26 Å². The van der Waals surface area contributed by atoms with Gasteiger partial charge in [-0.05, 0) is 19.3 Å². The van der Waals surface area contributed by atoms with Crippen molar-refractivity contribution in [2.24, 2.45) is 5.92 Å². The number of esters is 1. The summed E-state index contributed by atoms with van der Waals surface area (Å²) in [4.78, 5) is 24.8. The van der Waals surface area contributed by atoms with Crippen molar-refractivity contribution in [1.82, 2.24) is 4.90 Å². The fourth-order valence-electron chi connectivity index (χ4n) is 2.45. The number of methoxy groups -OCH3 is 1. The zero-order valence-electron chi connectivity index (χ0n) is 9.18. The molecule has 86 valence electrons. The van der Waals surface area contributed by atoms with Gasteiger partial charge in [0.15, 0.2) is 0 Å². The van der Waals surface area contributed by atoms with E-state index in [1.165, 1.54) is 7.11 Å². The van der Waals surface area contributed by atoms with Gasteiger partial charge in [0.1, 0.15) is 6.04 Å². The van der Waals surface area contributed by atoms with Crippen LogP contribution in [0.15, 0.2) is 0 Å². The van der Waals surface area contributed by atoms with Gasteiger partial charge in [0.25, 0.3) is 0 Å². The topological polar surface area (TPSA) is 70.4 Å². The van der Waals surface area contributed by atoms with Crippen molar-refractivity contribution in [2.75, 3.05) is 7.11 Å². The maximum absolute atomic E-state index is 11.7. The molecule has 1 amide bonds. The van der Waals surface area contributed by atoms with Crippen LogP contribution in [0.25, 0.3) is 0 Å². The van der Waals surface area contributed by atoms with Crippen LogP contribution < -0.4 is 0 Å². The Morgan fingerprint density at radius 3 is 2.81 bits per heavy atom. The van der Waals surface area contributed by atoms with Crippen LogP contribution in [0.3, 0.4) is 0 Å². The Morgan fingerprint density at radius 2 is 2.25 bits per heavy atom. The van der Waals surface area contributed by atoms with E-state index >= 15 is 0 Å². The zero-order valence-corrected chi connectivity index (χ0v) is 9.18. The van der Waals surface area contributed by atoms with Crippen molar-refractivity contribution in [3.63, 3.8) is 0 Å². The van der Waals surface area contributed by atoms with Gasteiger partial charge in [-0.2, -0.15) is 5.26 Å². The Morgan fingerprint density at radius 1 is 1.56 bits per heavy atom. The molecule has 1 aliphatic heterocycles. The van der Waals surface area contributed by atoms with Crippen molar-refractivity contribution in [3.8, 4) is 6.07 Å². The first kappa shape index (κ1) is 10.9. The molecule has 1 unspecified atom stereocenters. The minimum atomic E-state index is -0.429. The quantitative estimate of drug-likeness (QED) is 0.636. The highest BCUT2D eigenvalue weighted by Crippen LogP contribution is 2.36. The third kappa shape index (κ3) is 1.64. The molecule has 0 aromatic heterocycles. The number of carbonyl (C=O) groups excluding carboxylic acids is 2. The number of nitriles is 1. The van der Waals surface area contributed by atoms with Gasteiger partial charge >= 0.3 is 5.97 Å². The standard InChI is InChI=1S/C11H14N2O3/c1-16-11(15)9-2-3-10(14)13(9)8-4-7(5-8)6-12/h7-9H,2-5H2,1H3. The second kappa shape index (κ2) is 4.12. The third-order valence-electron chi connectivity index (χ3n) is 3.42. The monoisotopic (exact) mass is 222 g/mol. The molecular formula is C11H14N2O3. The Hall–Kier alpha value is -1.57. The Balaban J connectivity index is 2.04. The van der Waals surface area contributed by atoms with E-state index in [9.17, 15) is 9.59 Å². The number of hydrogen-bond donors (Lipinski definition) is 0. The number of carbonyl (C=O) groups is 2. The molecule has 16 heavy (non-hydrogen) atoms. The molecule has 0 aromatic rings. The number of hydrogen-bond acceptors (Lipinski definition) is 4. The van der Waals surface area contributed by atoms with Gasteiger partial charge in [0.05, 0.1) is 19.1 Å². The minimum Gasteiger partial charge on any atom is -0.467 e.